The summed E-state index contributed by atoms with van der Waals surface area (Å²) in [6, 6.07) is 9.80. The molecular weight excluding hydrogens is 318 g/mol. The smallest absolute Gasteiger partial charge is 0.135 e. The summed E-state index contributed by atoms with van der Waals surface area (Å²) in [5.41, 5.74) is 6.57. The van der Waals surface area contributed by atoms with Crippen LogP contribution in [0.1, 0.15) is 6.92 Å². The minimum absolute atomic E-state index is 0.410. The van der Waals surface area contributed by atoms with E-state index >= 15 is 0 Å². The zero-order valence-corrected chi connectivity index (χ0v) is 12.9. The predicted octanol–water partition coefficient (Wildman–Crippen LogP) is 2.99. The average molecular weight is 336 g/mol. The van der Waals surface area contributed by atoms with Crippen molar-refractivity contribution in [3.8, 4) is 0 Å². The first-order valence-electron chi connectivity index (χ1n) is 6.46. The number of nitrogens with zero attached hydrogens (tertiary/aromatic N) is 2. The highest BCUT2D eigenvalue weighted by atomic mass is 79.9. The van der Waals surface area contributed by atoms with E-state index in [1.54, 1.807) is 0 Å². The van der Waals surface area contributed by atoms with Crippen LogP contribution < -0.4 is 16.4 Å². The Morgan fingerprint density at radius 3 is 2.60 bits per heavy atom. The van der Waals surface area contributed by atoms with Gasteiger partial charge < -0.3 is 16.4 Å². The van der Waals surface area contributed by atoms with Crippen molar-refractivity contribution in [2.45, 2.75) is 6.92 Å². The lowest BCUT2D eigenvalue weighted by molar-refractivity contribution is 0.627. The zero-order chi connectivity index (χ0) is 14.4. The monoisotopic (exact) mass is 335 g/mol. The Morgan fingerprint density at radius 1 is 1.20 bits per heavy atom. The summed E-state index contributed by atoms with van der Waals surface area (Å²) < 4.78 is 1.05. The Morgan fingerprint density at radius 2 is 1.90 bits per heavy atom. The Bertz CT molecular complexity index is 544. The fraction of sp³-hybridized carbons (Fsp3) is 0.286. The van der Waals surface area contributed by atoms with E-state index in [1.165, 1.54) is 6.33 Å². The van der Waals surface area contributed by atoms with Crippen molar-refractivity contribution in [1.29, 1.82) is 0 Å². The molecule has 0 saturated carbocycles. The maximum atomic E-state index is 5.59. The first-order valence-corrected chi connectivity index (χ1v) is 7.25. The van der Waals surface area contributed by atoms with Crippen molar-refractivity contribution in [1.82, 2.24) is 9.97 Å². The van der Waals surface area contributed by atoms with Gasteiger partial charge in [0.2, 0.25) is 0 Å². The molecule has 1 unspecified atom stereocenters. The largest absolute Gasteiger partial charge is 0.370 e. The number of rotatable bonds is 6. The Hall–Kier alpha value is -1.66. The molecule has 0 amide bonds. The maximum absolute atomic E-state index is 5.59. The molecule has 1 atom stereocenters. The van der Waals surface area contributed by atoms with Gasteiger partial charge in [0.15, 0.2) is 0 Å². The molecule has 20 heavy (non-hydrogen) atoms. The van der Waals surface area contributed by atoms with Crippen molar-refractivity contribution in [2.75, 3.05) is 23.7 Å². The van der Waals surface area contributed by atoms with Gasteiger partial charge in [-0.3, -0.25) is 0 Å². The number of halogens is 1. The van der Waals surface area contributed by atoms with Crippen LogP contribution in [0.3, 0.4) is 0 Å². The van der Waals surface area contributed by atoms with Crippen LogP contribution in [0.15, 0.2) is 41.1 Å². The zero-order valence-electron chi connectivity index (χ0n) is 11.3. The van der Waals surface area contributed by atoms with Gasteiger partial charge in [0.1, 0.15) is 18.0 Å². The van der Waals surface area contributed by atoms with E-state index in [1.807, 2.05) is 30.3 Å². The van der Waals surface area contributed by atoms with E-state index in [0.717, 1.165) is 28.3 Å². The molecule has 1 aromatic heterocycles. The number of benzene rings is 1. The van der Waals surface area contributed by atoms with Crippen LogP contribution in [0.5, 0.6) is 0 Å². The molecule has 4 N–H and O–H groups in total. The highest BCUT2D eigenvalue weighted by Crippen LogP contribution is 2.19. The lowest BCUT2D eigenvalue weighted by Gasteiger charge is -2.11. The highest BCUT2D eigenvalue weighted by molar-refractivity contribution is 9.10. The second-order valence-corrected chi connectivity index (χ2v) is 5.56. The van der Waals surface area contributed by atoms with Gasteiger partial charge in [-0.05, 0) is 36.7 Å². The van der Waals surface area contributed by atoms with Crippen LogP contribution in [0.2, 0.25) is 0 Å². The number of nitrogens with two attached hydrogens (primary N) is 1. The molecule has 5 nitrogen and oxygen atoms in total. The van der Waals surface area contributed by atoms with Crippen molar-refractivity contribution < 1.29 is 0 Å². The molecule has 0 saturated heterocycles. The van der Waals surface area contributed by atoms with Crippen LogP contribution in [0.25, 0.3) is 0 Å². The third-order valence-electron chi connectivity index (χ3n) is 2.82. The summed E-state index contributed by atoms with van der Waals surface area (Å²) in [7, 11) is 0. The van der Waals surface area contributed by atoms with Crippen LogP contribution in [-0.2, 0) is 0 Å². The molecule has 1 heterocycles. The van der Waals surface area contributed by atoms with Crippen LogP contribution in [0, 0.1) is 5.92 Å². The van der Waals surface area contributed by atoms with E-state index < -0.39 is 0 Å². The molecule has 0 radical (unpaired) electrons. The number of hydrogen-bond donors (Lipinski definition) is 3. The number of anilines is 3. The highest BCUT2D eigenvalue weighted by Gasteiger charge is 2.02. The molecule has 0 fully saturated rings. The summed E-state index contributed by atoms with van der Waals surface area (Å²) in [4.78, 5) is 8.40. The lowest BCUT2D eigenvalue weighted by atomic mass is 10.2. The predicted molar refractivity (Wildman–Crippen MR) is 86.2 cm³/mol. The second kappa shape index (κ2) is 7.21. The van der Waals surface area contributed by atoms with Gasteiger partial charge in [-0.25, -0.2) is 9.97 Å². The molecule has 6 heteroatoms. The van der Waals surface area contributed by atoms with Crippen LogP contribution in [0.4, 0.5) is 17.3 Å². The van der Waals surface area contributed by atoms with Crippen molar-refractivity contribution >= 4 is 33.3 Å². The summed E-state index contributed by atoms with van der Waals surface area (Å²) in [6.45, 7) is 3.54. The first kappa shape index (κ1) is 14.7. The standard InChI is InChI=1S/C14H18BrN5/c1-10(7-16)8-17-13-6-14(19-9-18-13)20-12-4-2-11(15)3-5-12/h2-6,9-10H,7-8,16H2,1H3,(H2,17,18,19,20). The molecule has 0 aliphatic heterocycles. The molecule has 1 aromatic carbocycles. The molecule has 2 aromatic rings. The third-order valence-corrected chi connectivity index (χ3v) is 3.35. The molecule has 106 valence electrons. The quantitative estimate of drug-likeness (QED) is 0.756. The maximum Gasteiger partial charge on any atom is 0.135 e. The van der Waals surface area contributed by atoms with Gasteiger partial charge in [-0.15, -0.1) is 0 Å². The Balaban J connectivity index is 2.00. The van der Waals surface area contributed by atoms with Gasteiger partial charge in [-0.1, -0.05) is 22.9 Å². The van der Waals surface area contributed by atoms with E-state index in [4.69, 9.17) is 5.73 Å². The lowest BCUT2D eigenvalue weighted by Crippen LogP contribution is -2.20. The third kappa shape index (κ3) is 4.47. The van der Waals surface area contributed by atoms with Gasteiger partial charge in [0.25, 0.3) is 0 Å². The fourth-order valence-corrected chi connectivity index (χ4v) is 1.83. The van der Waals surface area contributed by atoms with E-state index in [0.29, 0.717) is 12.5 Å². The Kier molecular flexibility index (Phi) is 5.31. The van der Waals surface area contributed by atoms with E-state index in [2.05, 4.69) is 43.5 Å². The minimum atomic E-state index is 0.410. The Labute approximate surface area is 127 Å². The topological polar surface area (TPSA) is 75.9 Å². The summed E-state index contributed by atoms with van der Waals surface area (Å²) in [5.74, 6) is 1.96. The van der Waals surface area contributed by atoms with Gasteiger partial charge in [-0.2, -0.15) is 0 Å². The minimum Gasteiger partial charge on any atom is -0.370 e. The summed E-state index contributed by atoms with van der Waals surface area (Å²) >= 11 is 3.41. The molecule has 0 spiro atoms. The van der Waals surface area contributed by atoms with E-state index in [-0.39, 0.29) is 0 Å². The molecule has 2 rings (SSSR count). The second-order valence-electron chi connectivity index (χ2n) is 4.64. The van der Waals surface area contributed by atoms with Gasteiger partial charge >= 0.3 is 0 Å². The first-order chi connectivity index (χ1) is 9.67. The summed E-state index contributed by atoms with van der Waals surface area (Å²) in [5, 5.41) is 6.49. The number of nitrogens with one attached hydrogen (secondary N) is 2. The van der Waals surface area contributed by atoms with Crippen LogP contribution in [-0.4, -0.2) is 23.1 Å². The molecule has 0 aliphatic carbocycles. The van der Waals surface area contributed by atoms with E-state index in [9.17, 15) is 0 Å². The van der Waals surface area contributed by atoms with Crippen LogP contribution >= 0.6 is 15.9 Å². The van der Waals surface area contributed by atoms with Crippen molar-refractivity contribution in [3.05, 3.63) is 41.1 Å². The van der Waals surface area contributed by atoms with Gasteiger partial charge in [0.05, 0.1) is 0 Å². The number of aromatic nitrogens is 2. The molecular formula is C14H18BrN5. The summed E-state index contributed by atoms with van der Waals surface area (Å²) in [6.07, 6.45) is 1.54. The van der Waals surface area contributed by atoms with Gasteiger partial charge in [0, 0.05) is 22.8 Å². The van der Waals surface area contributed by atoms with Crippen molar-refractivity contribution in [2.24, 2.45) is 11.7 Å². The molecule has 0 aliphatic rings. The number of hydrogen-bond acceptors (Lipinski definition) is 5. The SMILES string of the molecule is CC(CN)CNc1cc(Nc2ccc(Br)cc2)ncn1. The molecule has 0 bridgehead atoms. The normalized spacial score (nSPS) is 11.9. The van der Waals surface area contributed by atoms with Crippen molar-refractivity contribution in [3.63, 3.8) is 0 Å². The average Bonchev–Trinajstić information content (AvgIpc) is 2.47. The fourth-order valence-electron chi connectivity index (χ4n) is 1.57.